The molecule has 140 valence electrons. The molecule has 0 radical (unpaired) electrons. The molecule has 2 rings (SSSR count). The quantitative estimate of drug-likeness (QED) is 0.531. The van der Waals surface area contributed by atoms with Gasteiger partial charge in [0, 0.05) is 22.8 Å². The van der Waals surface area contributed by atoms with Crippen molar-refractivity contribution in [2.75, 3.05) is 10.6 Å². The van der Waals surface area contributed by atoms with Gasteiger partial charge in [-0.05, 0) is 55.7 Å². The average Bonchev–Trinajstić information content (AvgIpc) is 2.57. The van der Waals surface area contributed by atoms with E-state index in [-0.39, 0.29) is 24.7 Å². The lowest BCUT2D eigenvalue weighted by atomic mass is 10.0. The molecule has 4 N–H and O–H groups in total. The van der Waals surface area contributed by atoms with Gasteiger partial charge in [-0.15, -0.1) is 0 Å². The first kappa shape index (κ1) is 20.0. The van der Waals surface area contributed by atoms with Crippen LogP contribution in [0.15, 0.2) is 48.5 Å². The van der Waals surface area contributed by atoms with Crippen LogP contribution in [0.3, 0.4) is 0 Å². The molecule has 0 saturated carbocycles. The fourth-order valence-electron chi connectivity index (χ4n) is 2.54. The van der Waals surface area contributed by atoms with Crippen LogP contribution in [0.1, 0.15) is 37.8 Å². The Morgan fingerprint density at radius 2 is 1.04 bits per heavy atom. The summed E-state index contributed by atoms with van der Waals surface area (Å²) in [6, 6.07) is 15.2. The molecule has 2 aromatic rings. The molecule has 0 spiro atoms. The second kappa shape index (κ2) is 9.43. The lowest BCUT2D eigenvalue weighted by Gasteiger charge is -2.08. The molecule has 2 amide bonds. The van der Waals surface area contributed by atoms with Gasteiger partial charge in [0.2, 0.25) is 11.8 Å². The minimum absolute atomic E-state index is 0.101. The molecule has 27 heavy (non-hydrogen) atoms. The standard InChI is InChI=1S/C21H24N4O2/c1-14(22)11-20(26)24-18-7-3-16(4-8-18)13-17-5-9-19(10-6-17)25-21(27)12-15(2)23/h3-10,22-23H,11-13H2,1-2H3,(H,24,26)(H,25,27). The molecule has 0 aliphatic rings. The molecule has 0 bridgehead atoms. The molecule has 2 aromatic carbocycles. The van der Waals surface area contributed by atoms with Gasteiger partial charge in [-0.3, -0.25) is 9.59 Å². The highest BCUT2D eigenvalue weighted by atomic mass is 16.2. The van der Waals surface area contributed by atoms with Gasteiger partial charge in [0.25, 0.3) is 0 Å². The van der Waals surface area contributed by atoms with Crippen LogP contribution in [-0.4, -0.2) is 23.2 Å². The van der Waals surface area contributed by atoms with Crippen molar-refractivity contribution in [1.29, 1.82) is 10.8 Å². The zero-order valence-corrected chi connectivity index (χ0v) is 15.6. The number of carbonyl (C=O) groups excluding carboxylic acids is 2. The molecule has 0 heterocycles. The third kappa shape index (κ3) is 7.23. The van der Waals surface area contributed by atoms with Crippen LogP contribution >= 0.6 is 0 Å². The summed E-state index contributed by atoms with van der Waals surface area (Å²) in [6.07, 6.45) is 0.940. The molecule has 0 atom stereocenters. The van der Waals surface area contributed by atoms with E-state index in [0.29, 0.717) is 22.8 Å². The molecular formula is C21H24N4O2. The summed E-state index contributed by atoms with van der Waals surface area (Å²) < 4.78 is 0. The lowest BCUT2D eigenvalue weighted by molar-refractivity contribution is -0.115. The van der Waals surface area contributed by atoms with Gasteiger partial charge >= 0.3 is 0 Å². The van der Waals surface area contributed by atoms with Crippen molar-refractivity contribution in [3.63, 3.8) is 0 Å². The van der Waals surface area contributed by atoms with Gasteiger partial charge in [-0.2, -0.15) is 0 Å². The van der Waals surface area contributed by atoms with Crippen LogP contribution in [0.5, 0.6) is 0 Å². The number of carbonyl (C=O) groups is 2. The van der Waals surface area contributed by atoms with Crippen molar-refractivity contribution in [3.05, 3.63) is 59.7 Å². The number of rotatable bonds is 8. The molecule has 0 unspecified atom stereocenters. The van der Waals surface area contributed by atoms with E-state index < -0.39 is 0 Å². The maximum absolute atomic E-state index is 11.7. The molecule has 0 aliphatic carbocycles. The third-order valence-electron chi connectivity index (χ3n) is 3.74. The number of benzene rings is 2. The fraction of sp³-hybridized carbons (Fsp3) is 0.238. The van der Waals surface area contributed by atoms with E-state index >= 15 is 0 Å². The van der Waals surface area contributed by atoms with Crippen LogP contribution in [0.25, 0.3) is 0 Å². The van der Waals surface area contributed by atoms with E-state index in [9.17, 15) is 9.59 Å². The van der Waals surface area contributed by atoms with Gasteiger partial charge < -0.3 is 21.5 Å². The normalized spacial score (nSPS) is 10.1. The first-order chi connectivity index (χ1) is 12.8. The largest absolute Gasteiger partial charge is 0.326 e. The topological polar surface area (TPSA) is 106 Å². The zero-order valence-electron chi connectivity index (χ0n) is 15.6. The Hall–Kier alpha value is -3.28. The van der Waals surface area contributed by atoms with Gasteiger partial charge in [-0.1, -0.05) is 24.3 Å². The predicted molar refractivity (Wildman–Crippen MR) is 109 cm³/mol. The summed E-state index contributed by atoms with van der Waals surface area (Å²) in [6.45, 7) is 3.21. The zero-order chi connectivity index (χ0) is 19.8. The van der Waals surface area contributed by atoms with Gasteiger partial charge in [0.1, 0.15) is 0 Å². The molecule has 0 fully saturated rings. The van der Waals surface area contributed by atoms with Gasteiger partial charge in [-0.25, -0.2) is 0 Å². The van der Waals surface area contributed by atoms with Crippen molar-refractivity contribution in [1.82, 2.24) is 0 Å². The van der Waals surface area contributed by atoms with Crippen molar-refractivity contribution in [2.45, 2.75) is 33.1 Å². The minimum Gasteiger partial charge on any atom is -0.326 e. The third-order valence-corrected chi connectivity index (χ3v) is 3.74. The van der Waals surface area contributed by atoms with Gasteiger partial charge in [0.05, 0.1) is 12.8 Å². The number of anilines is 2. The fourth-order valence-corrected chi connectivity index (χ4v) is 2.54. The predicted octanol–water partition coefficient (Wildman–Crippen LogP) is 4.01. The van der Waals surface area contributed by atoms with E-state index in [1.807, 2.05) is 48.5 Å². The monoisotopic (exact) mass is 364 g/mol. The highest BCUT2D eigenvalue weighted by Gasteiger charge is 2.05. The second-order valence-corrected chi connectivity index (χ2v) is 6.58. The van der Waals surface area contributed by atoms with Crippen molar-refractivity contribution in [2.24, 2.45) is 0 Å². The highest BCUT2D eigenvalue weighted by molar-refractivity contribution is 6.05. The Morgan fingerprint density at radius 1 is 0.704 bits per heavy atom. The minimum atomic E-state index is -0.189. The Bertz CT molecular complexity index is 768. The SMILES string of the molecule is CC(=N)CC(=O)Nc1ccc(Cc2ccc(NC(=O)CC(C)=N)cc2)cc1. The summed E-state index contributed by atoms with van der Waals surface area (Å²) in [5.74, 6) is -0.378. The second-order valence-electron chi connectivity index (χ2n) is 6.58. The number of amides is 2. The summed E-state index contributed by atoms with van der Waals surface area (Å²) in [5, 5.41) is 20.2. The maximum atomic E-state index is 11.7. The first-order valence-electron chi connectivity index (χ1n) is 8.67. The Balaban J connectivity index is 1.91. The molecule has 0 aliphatic heterocycles. The van der Waals surface area contributed by atoms with Gasteiger partial charge in [0.15, 0.2) is 0 Å². The number of hydrogen-bond acceptors (Lipinski definition) is 4. The summed E-state index contributed by atoms with van der Waals surface area (Å²) in [4.78, 5) is 23.3. The first-order valence-corrected chi connectivity index (χ1v) is 8.67. The van der Waals surface area contributed by atoms with Crippen LogP contribution in [0.2, 0.25) is 0 Å². The van der Waals surface area contributed by atoms with Crippen molar-refractivity contribution < 1.29 is 9.59 Å². The number of nitrogens with one attached hydrogen (secondary N) is 4. The van der Waals surface area contributed by atoms with Crippen LogP contribution in [0.4, 0.5) is 11.4 Å². The molecule has 6 nitrogen and oxygen atoms in total. The average molecular weight is 364 g/mol. The van der Waals surface area contributed by atoms with Crippen LogP contribution in [0, 0.1) is 10.8 Å². The van der Waals surface area contributed by atoms with Crippen LogP contribution in [-0.2, 0) is 16.0 Å². The molecule has 0 saturated heterocycles. The molecule has 6 heteroatoms. The smallest absolute Gasteiger partial charge is 0.230 e. The maximum Gasteiger partial charge on any atom is 0.230 e. The van der Waals surface area contributed by atoms with E-state index in [2.05, 4.69) is 10.6 Å². The van der Waals surface area contributed by atoms with E-state index in [0.717, 1.165) is 17.5 Å². The van der Waals surface area contributed by atoms with E-state index in [4.69, 9.17) is 10.8 Å². The van der Waals surface area contributed by atoms with Crippen LogP contribution < -0.4 is 10.6 Å². The highest BCUT2D eigenvalue weighted by Crippen LogP contribution is 2.16. The van der Waals surface area contributed by atoms with Crippen molar-refractivity contribution in [3.8, 4) is 0 Å². The summed E-state index contributed by atoms with van der Waals surface area (Å²) in [7, 11) is 0. The van der Waals surface area contributed by atoms with E-state index in [1.54, 1.807) is 13.8 Å². The Labute approximate surface area is 159 Å². The number of hydrogen-bond donors (Lipinski definition) is 4. The lowest BCUT2D eigenvalue weighted by Crippen LogP contribution is -2.14. The molecular weight excluding hydrogens is 340 g/mol. The summed E-state index contributed by atoms with van der Waals surface area (Å²) >= 11 is 0. The summed E-state index contributed by atoms with van der Waals surface area (Å²) in [5.41, 5.74) is 4.29. The molecule has 0 aromatic heterocycles. The van der Waals surface area contributed by atoms with Crippen molar-refractivity contribution >= 4 is 34.6 Å². The Kier molecular flexibility index (Phi) is 7.00. The van der Waals surface area contributed by atoms with E-state index in [1.165, 1.54) is 0 Å². The Morgan fingerprint density at radius 3 is 1.33 bits per heavy atom.